The summed E-state index contributed by atoms with van der Waals surface area (Å²) >= 11 is 5.42. The van der Waals surface area contributed by atoms with E-state index in [4.69, 9.17) is 0 Å². The first-order chi connectivity index (χ1) is 7.30. The van der Waals surface area contributed by atoms with Crippen LogP contribution < -0.4 is 0 Å². The number of nitrogens with zero attached hydrogens (tertiary/aromatic N) is 2. The van der Waals surface area contributed by atoms with Crippen LogP contribution in [-0.4, -0.2) is 20.5 Å². The zero-order valence-electron chi connectivity index (χ0n) is 9.20. The molecule has 0 radical (unpaired) electrons. The lowest BCUT2D eigenvalue weighted by molar-refractivity contribution is 0.562. The zero-order valence-corrected chi connectivity index (χ0v) is 13.2. The van der Waals surface area contributed by atoms with Gasteiger partial charge < -0.3 is 4.55 Å². The van der Waals surface area contributed by atoms with E-state index >= 15 is 0 Å². The van der Waals surface area contributed by atoms with E-state index in [1.807, 2.05) is 26.8 Å². The van der Waals surface area contributed by atoms with Gasteiger partial charge in [0.15, 0.2) is 0 Å². The Bertz CT molecular complexity index is 404. The van der Waals surface area contributed by atoms with Crippen molar-refractivity contribution >= 4 is 49.4 Å². The molecule has 0 saturated carbocycles. The Morgan fingerprint density at radius 1 is 1.44 bits per heavy atom. The zero-order chi connectivity index (χ0) is 12.3. The standard InChI is InChI=1S/C10H12Br2N2OS/c1-10(2,3)16(15)14-6-9-8(12)4-7(11)5-13-9/h4-6H,1-3H3/b14-6+. The van der Waals surface area contributed by atoms with Crippen LogP contribution in [0.25, 0.3) is 0 Å². The molecule has 0 saturated heterocycles. The number of pyridine rings is 1. The molecule has 3 nitrogen and oxygen atoms in total. The maximum atomic E-state index is 11.7. The summed E-state index contributed by atoms with van der Waals surface area (Å²) in [6.45, 7) is 5.64. The molecule has 0 N–H and O–H groups in total. The summed E-state index contributed by atoms with van der Waals surface area (Å²) in [5.74, 6) is 0. The van der Waals surface area contributed by atoms with Crippen molar-refractivity contribution in [3.05, 3.63) is 26.9 Å². The molecular weight excluding hydrogens is 356 g/mol. The van der Waals surface area contributed by atoms with Crippen LogP contribution in [0.4, 0.5) is 0 Å². The van der Waals surface area contributed by atoms with Gasteiger partial charge in [-0.3, -0.25) is 4.98 Å². The maximum Gasteiger partial charge on any atom is 0.144 e. The second-order valence-electron chi connectivity index (χ2n) is 4.12. The maximum absolute atomic E-state index is 11.7. The molecule has 6 heteroatoms. The lowest BCUT2D eigenvalue weighted by Crippen LogP contribution is -2.25. The van der Waals surface area contributed by atoms with Crippen molar-refractivity contribution in [2.24, 2.45) is 4.40 Å². The van der Waals surface area contributed by atoms with E-state index in [2.05, 4.69) is 41.2 Å². The van der Waals surface area contributed by atoms with Gasteiger partial charge in [0.2, 0.25) is 0 Å². The van der Waals surface area contributed by atoms with Gasteiger partial charge in [-0.05, 0) is 58.7 Å². The second-order valence-corrected chi connectivity index (χ2v) is 7.82. The number of hydrogen-bond acceptors (Lipinski definition) is 3. The molecule has 1 aromatic rings. The molecule has 0 spiro atoms. The molecule has 0 aromatic carbocycles. The van der Waals surface area contributed by atoms with E-state index in [0.29, 0.717) is 5.69 Å². The lowest BCUT2D eigenvalue weighted by atomic mass is 10.3. The van der Waals surface area contributed by atoms with Gasteiger partial charge in [-0.2, -0.15) is 0 Å². The minimum Gasteiger partial charge on any atom is -0.591 e. The molecule has 0 aliphatic carbocycles. The van der Waals surface area contributed by atoms with Gasteiger partial charge in [-0.1, -0.05) is 4.40 Å². The summed E-state index contributed by atoms with van der Waals surface area (Å²) < 4.78 is 17.0. The Morgan fingerprint density at radius 3 is 2.56 bits per heavy atom. The molecule has 0 aliphatic heterocycles. The van der Waals surface area contributed by atoms with Crippen LogP contribution in [0.1, 0.15) is 26.5 Å². The third-order valence-electron chi connectivity index (χ3n) is 1.63. The highest BCUT2D eigenvalue weighted by molar-refractivity contribution is 9.11. The van der Waals surface area contributed by atoms with Crippen molar-refractivity contribution in [1.82, 2.24) is 4.98 Å². The first kappa shape index (κ1) is 14.2. The molecule has 0 fully saturated rings. The van der Waals surface area contributed by atoms with Crippen LogP contribution in [0.2, 0.25) is 0 Å². The van der Waals surface area contributed by atoms with Gasteiger partial charge in [-0.25, -0.2) is 0 Å². The molecule has 0 amide bonds. The minimum atomic E-state index is -1.25. The van der Waals surface area contributed by atoms with Gasteiger partial charge in [0.25, 0.3) is 0 Å². The lowest BCUT2D eigenvalue weighted by Gasteiger charge is -2.17. The highest BCUT2D eigenvalue weighted by atomic mass is 79.9. The Hall–Kier alpha value is 0.0900. The Balaban J connectivity index is 2.85. The third kappa shape index (κ3) is 4.16. The normalized spacial score (nSPS) is 14.4. The molecule has 16 heavy (non-hydrogen) atoms. The molecule has 0 aliphatic rings. The minimum absolute atomic E-state index is 0.349. The molecule has 0 bridgehead atoms. The number of aromatic nitrogens is 1. The fourth-order valence-corrected chi connectivity index (χ4v) is 2.38. The van der Waals surface area contributed by atoms with E-state index in [9.17, 15) is 4.55 Å². The summed E-state index contributed by atoms with van der Waals surface area (Å²) in [7, 11) is 0. The third-order valence-corrected chi connectivity index (χ3v) is 4.04. The van der Waals surface area contributed by atoms with Crippen LogP contribution in [0.3, 0.4) is 0 Å². The predicted molar refractivity (Wildman–Crippen MR) is 75.1 cm³/mol. The number of hydrogen-bond donors (Lipinski definition) is 0. The van der Waals surface area contributed by atoms with Crippen LogP contribution in [0.5, 0.6) is 0 Å². The second kappa shape index (κ2) is 5.62. The van der Waals surface area contributed by atoms with E-state index in [1.54, 1.807) is 6.20 Å². The molecule has 1 aromatic heterocycles. The summed E-state index contributed by atoms with van der Waals surface area (Å²) in [4.78, 5) is 4.15. The molecular formula is C10H12Br2N2OS. The van der Waals surface area contributed by atoms with Crippen molar-refractivity contribution in [3.8, 4) is 0 Å². The summed E-state index contributed by atoms with van der Waals surface area (Å²) in [6.07, 6.45) is 3.20. The van der Waals surface area contributed by atoms with Crippen molar-refractivity contribution in [2.45, 2.75) is 25.5 Å². The smallest absolute Gasteiger partial charge is 0.144 e. The van der Waals surface area contributed by atoms with Crippen molar-refractivity contribution in [3.63, 3.8) is 0 Å². The van der Waals surface area contributed by atoms with E-state index in [0.717, 1.165) is 8.95 Å². The van der Waals surface area contributed by atoms with Gasteiger partial charge in [0.05, 0.1) is 0 Å². The Morgan fingerprint density at radius 2 is 2.06 bits per heavy atom. The highest BCUT2D eigenvalue weighted by Crippen LogP contribution is 2.20. The van der Waals surface area contributed by atoms with Crippen LogP contribution in [0.15, 0.2) is 25.6 Å². The van der Waals surface area contributed by atoms with Crippen LogP contribution in [0, 0.1) is 0 Å². The van der Waals surface area contributed by atoms with Crippen LogP contribution in [-0.2, 0) is 11.4 Å². The van der Waals surface area contributed by atoms with Gasteiger partial charge in [0, 0.05) is 15.1 Å². The Kier molecular flexibility index (Phi) is 4.97. The SMILES string of the molecule is CC(C)(C)[S+]([O-])/N=C/c1ncc(Br)cc1Br. The predicted octanol–water partition coefficient (Wildman–Crippen LogP) is 3.49. The van der Waals surface area contributed by atoms with E-state index in [1.165, 1.54) is 6.21 Å². The first-order valence-electron chi connectivity index (χ1n) is 4.58. The topological polar surface area (TPSA) is 48.3 Å². The largest absolute Gasteiger partial charge is 0.591 e. The first-order valence-corrected chi connectivity index (χ1v) is 7.27. The fraction of sp³-hybridized carbons (Fsp3) is 0.400. The summed E-state index contributed by atoms with van der Waals surface area (Å²) in [6, 6.07) is 1.87. The monoisotopic (exact) mass is 366 g/mol. The van der Waals surface area contributed by atoms with Gasteiger partial charge >= 0.3 is 0 Å². The van der Waals surface area contributed by atoms with Gasteiger partial charge in [-0.15, -0.1) is 0 Å². The van der Waals surface area contributed by atoms with Gasteiger partial charge in [0.1, 0.15) is 28.0 Å². The highest BCUT2D eigenvalue weighted by Gasteiger charge is 2.25. The van der Waals surface area contributed by atoms with E-state index in [-0.39, 0.29) is 4.75 Å². The average molecular weight is 368 g/mol. The molecule has 1 rings (SSSR count). The number of halogens is 2. The van der Waals surface area contributed by atoms with Crippen molar-refractivity contribution in [2.75, 3.05) is 0 Å². The fourth-order valence-electron chi connectivity index (χ4n) is 0.776. The Labute approximate surface area is 115 Å². The van der Waals surface area contributed by atoms with E-state index < -0.39 is 11.4 Å². The van der Waals surface area contributed by atoms with Crippen LogP contribution >= 0.6 is 31.9 Å². The average Bonchev–Trinajstić information content (AvgIpc) is 2.14. The molecule has 1 heterocycles. The summed E-state index contributed by atoms with van der Waals surface area (Å²) in [5, 5.41) is 0. The molecule has 1 unspecified atom stereocenters. The molecule has 1 atom stereocenters. The quantitative estimate of drug-likeness (QED) is 0.593. The molecule has 88 valence electrons. The summed E-state index contributed by atoms with van der Waals surface area (Å²) in [5.41, 5.74) is 0.667. The number of rotatable bonds is 2. The van der Waals surface area contributed by atoms with Crippen molar-refractivity contribution in [1.29, 1.82) is 0 Å². The van der Waals surface area contributed by atoms with Crippen molar-refractivity contribution < 1.29 is 4.55 Å².